The zero-order chi connectivity index (χ0) is 27.6. The van der Waals surface area contributed by atoms with Crippen LogP contribution in [0.3, 0.4) is 0 Å². The second kappa shape index (κ2) is 13.9. The van der Waals surface area contributed by atoms with E-state index in [1.165, 1.54) is 6.42 Å². The van der Waals surface area contributed by atoms with Gasteiger partial charge in [0.25, 0.3) is 0 Å². The Bertz CT molecular complexity index is 1240. The first-order chi connectivity index (χ1) is 19.0. The number of nitrogens with one attached hydrogen (secondary N) is 1. The molecule has 2 amide bonds. The van der Waals surface area contributed by atoms with E-state index in [-0.39, 0.29) is 24.4 Å². The summed E-state index contributed by atoms with van der Waals surface area (Å²) < 4.78 is 18.2. The molecule has 1 fully saturated rings. The molecule has 0 spiro atoms. The van der Waals surface area contributed by atoms with Crippen molar-refractivity contribution < 1.29 is 23.8 Å². The number of carbonyl (C=O) groups excluding carboxylic acids is 2. The quantitative estimate of drug-likeness (QED) is 0.330. The molecule has 1 atom stereocenters. The van der Waals surface area contributed by atoms with E-state index >= 15 is 0 Å². The van der Waals surface area contributed by atoms with Crippen molar-refractivity contribution in [3.63, 3.8) is 0 Å². The Morgan fingerprint density at radius 2 is 1.90 bits per heavy atom. The van der Waals surface area contributed by atoms with E-state index in [0.29, 0.717) is 48.8 Å². The molecule has 39 heavy (non-hydrogen) atoms. The summed E-state index contributed by atoms with van der Waals surface area (Å²) in [6.07, 6.45) is 5.78. The van der Waals surface area contributed by atoms with E-state index in [2.05, 4.69) is 15.6 Å². The lowest BCUT2D eigenvalue weighted by atomic mass is 9.94. The van der Waals surface area contributed by atoms with Crippen LogP contribution in [0, 0.1) is 0 Å². The van der Waals surface area contributed by atoms with Crippen molar-refractivity contribution >= 4 is 22.8 Å². The maximum Gasteiger partial charge on any atom is 0.247 e. The van der Waals surface area contributed by atoms with Crippen LogP contribution in [-0.4, -0.2) is 71.7 Å². The number of aromatic nitrogens is 3. The first-order valence-electron chi connectivity index (χ1n) is 13.7. The summed E-state index contributed by atoms with van der Waals surface area (Å²) in [4.78, 5) is 29.7. The third-order valence-corrected chi connectivity index (χ3v) is 7.16. The Morgan fingerprint density at radius 3 is 2.64 bits per heavy atom. The Kier molecular flexibility index (Phi) is 10.1. The number of hydrogen-bond donors (Lipinski definition) is 1. The van der Waals surface area contributed by atoms with Gasteiger partial charge >= 0.3 is 0 Å². The third-order valence-electron chi connectivity index (χ3n) is 7.16. The molecule has 2 aromatic carbocycles. The number of fused-ring (bicyclic) bond motifs is 1. The molecule has 0 aliphatic heterocycles. The second-order valence-corrected chi connectivity index (χ2v) is 9.73. The number of hydrogen-bond acceptors (Lipinski definition) is 7. The molecule has 3 aromatic rings. The van der Waals surface area contributed by atoms with Gasteiger partial charge in [0.05, 0.1) is 19.7 Å². The molecule has 0 radical (unpaired) electrons. The highest BCUT2D eigenvalue weighted by molar-refractivity contribution is 5.90. The summed E-state index contributed by atoms with van der Waals surface area (Å²) in [6.45, 7) is 3.26. The molecule has 10 nitrogen and oxygen atoms in total. The van der Waals surface area contributed by atoms with Crippen LogP contribution in [0.15, 0.2) is 42.5 Å². The van der Waals surface area contributed by atoms with Crippen LogP contribution >= 0.6 is 0 Å². The van der Waals surface area contributed by atoms with Crippen molar-refractivity contribution in [2.45, 2.75) is 64.1 Å². The molecule has 4 rings (SSSR count). The zero-order valence-corrected chi connectivity index (χ0v) is 23.1. The van der Waals surface area contributed by atoms with Crippen molar-refractivity contribution in [1.82, 2.24) is 25.2 Å². The molecule has 0 bridgehead atoms. The molecular formula is C29H39N5O5. The SMILES string of the molecule is CCOCCCN(C(=O)Cn1nnc2ccccc21)[C@@H](C(=O)NC1CCCCC1)c1ccc(OC)cc1OC. The van der Waals surface area contributed by atoms with Crippen LogP contribution in [0.25, 0.3) is 11.0 Å². The summed E-state index contributed by atoms with van der Waals surface area (Å²) in [7, 11) is 3.13. The average molecular weight is 538 g/mol. The topological polar surface area (TPSA) is 108 Å². The van der Waals surface area contributed by atoms with Gasteiger partial charge in [-0.3, -0.25) is 9.59 Å². The minimum absolute atomic E-state index is 0.0547. The summed E-state index contributed by atoms with van der Waals surface area (Å²) in [5.74, 6) is 0.611. The minimum Gasteiger partial charge on any atom is -0.497 e. The van der Waals surface area contributed by atoms with Gasteiger partial charge in [-0.2, -0.15) is 0 Å². The largest absolute Gasteiger partial charge is 0.497 e. The fourth-order valence-electron chi connectivity index (χ4n) is 5.15. The third kappa shape index (κ3) is 7.06. The smallest absolute Gasteiger partial charge is 0.247 e. The highest BCUT2D eigenvalue weighted by atomic mass is 16.5. The van der Waals surface area contributed by atoms with Gasteiger partial charge in [-0.1, -0.05) is 36.6 Å². The van der Waals surface area contributed by atoms with Gasteiger partial charge in [-0.25, -0.2) is 4.68 Å². The van der Waals surface area contributed by atoms with E-state index in [0.717, 1.165) is 31.2 Å². The molecule has 210 valence electrons. The predicted octanol–water partition coefficient (Wildman–Crippen LogP) is 3.89. The number of ether oxygens (including phenoxy) is 3. The summed E-state index contributed by atoms with van der Waals surface area (Å²) in [6, 6.07) is 12.0. The van der Waals surface area contributed by atoms with E-state index in [1.54, 1.807) is 42.0 Å². The average Bonchev–Trinajstić information content (AvgIpc) is 3.37. The lowest BCUT2D eigenvalue weighted by Gasteiger charge is -2.34. The first kappa shape index (κ1) is 28.4. The van der Waals surface area contributed by atoms with Gasteiger partial charge in [0.1, 0.15) is 29.6 Å². The molecule has 1 heterocycles. The van der Waals surface area contributed by atoms with Crippen LogP contribution < -0.4 is 14.8 Å². The zero-order valence-electron chi connectivity index (χ0n) is 23.1. The van der Waals surface area contributed by atoms with Crippen LogP contribution in [0.5, 0.6) is 11.5 Å². The van der Waals surface area contributed by atoms with Gasteiger partial charge in [0, 0.05) is 37.4 Å². The second-order valence-electron chi connectivity index (χ2n) is 9.73. The molecule has 10 heteroatoms. The Labute approximate surface area is 229 Å². The van der Waals surface area contributed by atoms with E-state index in [4.69, 9.17) is 14.2 Å². The number of para-hydroxylation sites is 1. The molecule has 1 saturated carbocycles. The van der Waals surface area contributed by atoms with Crippen LogP contribution in [0.1, 0.15) is 57.1 Å². The molecule has 0 saturated heterocycles. The fraction of sp³-hybridized carbons (Fsp3) is 0.517. The predicted molar refractivity (Wildman–Crippen MR) is 148 cm³/mol. The van der Waals surface area contributed by atoms with Crippen molar-refractivity contribution in [2.75, 3.05) is 34.0 Å². The number of carbonyl (C=O) groups is 2. The summed E-state index contributed by atoms with van der Waals surface area (Å²) in [5, 5.41) is 11.6. The number of rotatable bonds is 13. The summed E-state index contributed by atoms with van der Waals surface area (Å²) in [5.41, 5.74) is 2.06. The first-order valence-corrected chi connectivity index (χ1v) is 13.7. The molecule has 1 aromatic heterocycles. The Balaban J connectivity index is 1.70. The normalized spacial score (nSPS) is 14.6. The standard InChI is InChI=1S/C29H39N5O5/c1-4-39-18-10-17-33(27(35)20-34-25-14-9-8-13-24(25)31-32-34)28(29(36)30-21-11-6-5-7-12-21)23-16-15-22(37-2)19-26(23)38-3/h8-9,13-16,19,21,28H,4-7,10-12,17-18,20H2,1-3H3,(H,30,36)/t28-/m1/s1. The van der Waals surface area contributed by atoms with Gasteiger partial charge in [-0.15, -0.1) is 5.10 Å². The lowest BCUT2D eigenvalue weighted by molar-refractivity contribution is -0.142. The fourth-order valence-corrected chi connectivity index (χ4v) is 5.15. The number of nitrogens with zero attached hydrogens (tertiary/aromatic N) is 4. The van der Waals surface area contributed by atoms with Gasteiger partial charge < -0.3 is 24.4 Å². The monoisotopic (exact) mass is 537 g/mol. The Hall–Kier alpha value is -3.66. The van der Waals surface area contributed by atoms with E-state index < -0.39 is 6.04 Å². The number of amides is 2. The molecule has 1 N–H and O–H groups in total. The maximum absolute atomic E-state index is 14.0. The maximum atomic E-state index is 14.0. The molecule has 1 aliphatic carbocycles. The molecule has 1 aliphatic rings. The Morgan fingerprint density at radius 1 is 1.10 bits per heavy atom. The van der Waals surface area contributed by atoms with Crippen LogP contribution in [0.2, 0.25) is 0 Å². The van der Waals surface area contributed by atoms with Crippen molar-refractivity contribution in [3.05, 3.63) is 48.0 Å². The van der Waals surface area contributed by atoms with Crippen molar-refractivity contribution in [1.29, 1.82) is 0 Å². The molecule has 0 unspecified atom stereocenters. The van der Waals surface area contributed by atoms with Crippen LogP contribution in [0.4, 0.5) is 0 Å². The van der Waals surface area contributed by atoms with Gasteiger partial charge in [-0.05, 0) is 50.5 Å². The van der Waals surface area contributed by atoms with Crippen molar-refractivity contribution in [2.24, 2.45) is 0 Å². The highest BCUT2D eigenvalue weighted by Crippen LogP contribution is 2.34. The van der Waals surface area contributed by atoms with Gasteiger partial charge in [0.2, 0.25) is 11.8 Å². The van der Waals surface area contributed by atoms with E-state index in [9.17, 15) is 9.59 Å². The van der Waals surface area contributed by atoms with E-state index in [1.807, 2.05) is 31.2 Å². The van der Waals surface area contributed by atoms with Crippen LogP contribution in [-0.2, 0) is 20.9 Å². The number of methoxy groups -OCH3 is 2. The van der Waals surface area contributed by atoms with Crippen molar-refractivity contribution in [3.8, 4) is 11.5 Å². The lowest BCUT2D eigenvalue weighted by Crippen LogP contribution is -2.48. The number of benzene rings is 2. The highest BCUT2D eigenvalue weighted by Gasteiger charge is 2.35. The van der Waals surface area contributed by atoms with Gasteiger partial charge in [0.15, 0.2) is 0 Å². The molecular weight excluding hydrogens is 498 g/mol. The minimum atomic E-state index is -0.906. The summed E-state index contributed by atoms with van der Waals surface area (Å²) >= 11 is 0.